The smallest absolute Gasteiger partial charge is 0.273 e. The van der Waals surface area contributed by atoms with E-state index in [1.807, 2.05) is 62.4 Å². The first kappa shape index (κ1) is 22.6. The lowest BCUT2D eigenvalue weighted by atomic mass is 10.1. The van der Waals surface area contributed by atoms with E-state index in [-0.39, 0.29) is 18.0 Å². The molecule has 1 N–H and O–H groups in total. The Kier molecular flexibility index (Phi) is 7.84. The average molecular weight is 422 g/mol. The van der Waals surface area contributed by atoms with Crippen LogP contribution in [0.2, 0.25) is 0 Å². The van der Waals surface area contributed by atoms with Crippen molar-refractivity contribution in [2.45, 2.75) is 59.3 Å². The van der Waals surface area contributed by atoms with Crippen LogP contribution in [0.1, 0.15) is 56.1 Å². The van der Waals surface area contributed by atoms with Gasteiger partial charge in [0.05, 0.1) is 6.54 Å². The van der Waals surface area contributed by atoms with Gasteiger partial charge >= 0.3 is 0 Å². The lowest BCUT2D eigenvalue weighted by Crippen LogP contribution is -2.32. The van der Waals surface area contributed by atoms with Crippen molar-refractivity contribution in [2.24, 2.45) is 0 Å². The second-order valence-electron chi connectivity index (χ2n) is 7.97. The minimum Gasteiger partial charge on any atom is -0.457 e. The normalized spacial score (nSPS) is 12.2. The van der Waals surface area contributed by atoms with Gasteiger partial charge in [0.2, 0.25) is 5.89 Å². The number of hydrogen-bond acceptors (Lipinski definition) is 5. The Morgan fingerprint density at radius 2 is 1.81 bits per heavy atom. The van der Waals surface area contributed by atoms with E-state index in [4.69, 9.17) is 9.15 Å². The molecule has 0 aliphatic heterocycles. The minimum atomic E-state index is -0.203. The molecule has 2 aromatic carbocycles. The summed E-state index contributed by atoms with van der Waals surface area (Å²) in [7, 11) is 0. The number of nitrogens with one attached hydrogen (secondary N) is 1. The quantitative estimate of drug-likeness (QED) is 0.474. The van der Waals surface area contributed by atoms with Gasteiger partial charge in [0.15, 0.2) is 5.69 Å². The van der Waals surface area contributed by atoms with Gasteiger partial charge in [0.1, 0.15) is 17.8 Å². The first-order valence-corrected chi connectivity index (χ1v) is 10.8. The summed E-state index contributed by atoms with van der Waals surface area (Å²) in [6, 6.07) is 18.2. The summed E-state index contributed by atoms with van der Waals surface area (Å²) in [6.07, 6.45) is 2.30. The zero-order chi connectivity index (χ0) is 22.2. The second-order valence-corrected chi connectivity index (χ2v) is 7.97. The zero-order valence-electron chi connectivity index (χ0n) is 18.7. The van der Waals surface area contributed by atoms with Crippen LogP contribution in [-0.4, -0.2) is 27.9 Å². The molecule has 0 radical (unpaired) electrons. The minimum absolute atomic E-state index is 0.102. The number of para-hydroxylation sites is 1. The number of amides is 1. The van der Waals surface area contributed by atoms with Crippen molar-refractivity contribution < 1.29 is 13.9 Å². The third kappa shape index (κ3) is 6.69. The van der Waals surface area contributed by atoms with Crippen LogP contribution in [0, 0.1) is 0 Å². The molecule has 1 aromatic heterocycles. The third-order valence-corrected chi connectivity index (χ3v) is 5.11. The van der Waals surface area contributed by atoms with Gasteiger partial charge in [0.25, 0.3) is 5.91 Å². The fourth-order valence-electron chi connectivity index (χ4n) is 3.05. The summed E-state index contributed by atoms with van der Waals surface area (Å²) >= 11 is 0. The molecule has 3 aromatic rings. The van der Waals surface area contributed by atoms with E-state index in [0.717, 1.165) is 23.5 Å². The predicted octanol–water partition coefficient (Wildman–Crippen LogP) is 5.41. The number of carbonyl (C=O) groups excluding carboxylic acids is 1. The third-order valence-electron chi connectivity index (χ3n) is 5.11. The first-order valence-electron chi connectivity index (χ1n) is 10.8. The number of oxazole rings is 1. The van der Waals surface area contributed by atoms with E-state index in [0.29, 0.717) is 24.7 Å². The summed E-state index contributed by atoms with van der Waals surface area (Å²) in [5.74, 6) is 1.93. The molecular weight excluding hydrogens is 390 g/mol. The monoisotopic (exact) mass is 421 g/mol. The largest absolute Gasteiger partial charge is 0.457 e. The Morgan fingerprint density at radius 1 is 1.06 bits per heavy atom. The van der Waals surface area contributed by atoms with Gasteiger partial charge in [-0.15, -0.1) is 0 Å². The zero-order valence-corrected chi connectivity index (χ0v) is 18.7. The van der Waals surface area contributed by atoms with Gasteiger partial charge in [-0.25, -0.2) is 4.98 Å². The Balaban J connectivity index is 1.65. The Bertz CT molecular complexity index is 969. The van der Waals surface area contributed by atoms with Crippen LogP contribution in [0.15, 0.2) is 65.3 Å². The highest BCUT2D eigenvalue weighted by atomic mass is 16.5. The first-order chi connectivity index (χ1) is 14.9. The summed E-state index contributed by atoms with van der Waals surface area (Å²) in [5.41, 5.74) is 1.45. The summed E-state index contributed by atoms with van der Waals surface area (Å²) in [5, 5.41) is 2.91. The van der Waals surface area contributed by atoms with Crippen LogP contribution in [0.5, 0.6) is 11.5 Å². The van der Waals surface area contributed by atoms with Crippen molar-refractivity contribution in [3.63, 3.8) is 0 Å². The van der Waals surface area contributed by atoms with E-state index in [1.165, 1.54) is 6.26 Å². The lowest BCUT2D eigenvalue weighted by molar-refractivity contribution is 0.0934. The summed E-state index contributed by atoms with van der Waals surface area (Å²) in [6.45, 7) is 9.47. The maximum Gasteiger partial charge on any atom is 0.273 e. The number of aromatic nitrogens is 1. The number of carbonyl (C=O) groups is 1. The van der Waals surface area contributed by atoms with E-state index >= 15 is 0 Å². The fraction of sp³-hybridized carbons (Fsp3) is 0.360. The summed E-state index contributed by atoms with van der Waals surface area (Å²) in [4.78, 5) is 18.9. The molecule has 0 fully saturated rings. The van der Waals surface area contributed by atoms with Gasteiger partial charge in [-0.05, 0) is 57.0 Å². The number of hydrogen-bond donors (Lipinski definition) is 1. The van der Waals surface area contributed by atoms with Crippen LogP contribution in [0.25, 0.3) is 0 Å². The van der Waals surface area contributed by atoms with Crippen molar-refractivity contribution in [1.29, 1.82) is 0 Å². The molecule has 0 bridgehead atoms. The molecule has 0 saturated carbocycles. The van der Waals surface area contributed by atoms with Crippen LogP contribution < -0.4 is 10.1 Å². The SMILES string of the molecule is CCC(C)NC(=O)c1coc(CN(Cc2cccc(Oc3ccccc3)c2)C(C)C)n1. The number of ether oxygens (including phenoxy) is 1. The van der Waals surface area contributed by atoms with Crippen molar-refractivity contribution >= 4 is 5.91 Å². The molecular formula is C25H31N3O3. The Labute approximate surface area is 184 Å². The topological polar surface area (TPSA) is 67.6 Å². The number of benzene rings is 2. The number of nitrogens with zero attached hydrogens (tertiary/aromatic N) is 2. The average Bonchev–Trinajstić information content (AvgIpc) is 3.23. The molecule has 1 unspecified atom stereocenters. The van der Waals surface area contributed by atoms with Crippen LogP contribution in [0.3, 0.4) is 0 Å². The summed E-state index contributed by atoms with van der Waals surface area (Å²) < 4.78 is 11.5. The van der Waals surface area contributed by atoms with Crippen LogP contribution in [-0.2, 0) is 13.1 Å². The van der Waals surface area contributed by atoms with Crippen LogP contribution >= 0.6 is 0 Å². The maximum atomic E-state index is 12.3. The van der Waals surface area contributed by atoms with E-state index in [1.54, 1.807) is 0 Å². The van der Waals surface area contributed by atoms with Gasteiger partial charge in [0, 0.05) is 18.6 Å². The van der Waals surface area contributed by atoms with E-state index < -0.39 is 0 Å². The molecule has 1 atom stereocenters. The highest BCUT2D eigenvalue weighted by molar-refractivity contribution is 5.92. The Hall–Kier alpha value is -3.12. The molecule has 6 heteroatoms. The van der Waals surface area contributed by atoms with Crippen LogP contribution in [0.4, 0.5) is 0 Å². The van der Waals surface area contributed by atoms with Crippen molar-refractivity contribution in [3.05, 3.63) is 78.0 Å². The van der Waals surface area contributed by atoms with Crippen molar-refractivity contribution in [2.75, 3.05) is 0 Å². The molecule has 0 saturated heterocycles. The maximum absolute atomic E-state index is 12.3. The molecule has 1 amide bonds. The fourth-order valence-corrected chi connectivity index (χ4v) is 3.05. The van der Waals surface area contributed by atoms with Gasteiger partial charge in [-0.2, -0.15) is 0 Å². The molecule has 31 heavy (non-hydrogen) atoms. The molecule has 0 spiro atoms. The van der Waals surface area contributed by atoms with Gasteiger partial charge in [-0.3, -0.25) is 9.69 Å². The lowest BCUT2D eigenvalue weighted by Gasteiger charge is -2.25. The standard InChI is InChI=1S/C25H31N3O3/c1-5-19(4)26-25(29)23-17-30-24(27-23)16-28(18(2)3)15-20-10-9-13-22(14-20)31-21-11-7-6-8-12-21/h6-14,17-19H,5,15-16H2,1-4H3,(H,26,29). The molecule has 0 aliphatic rings. The van der Waals surface area contributed by atoms with Crippen molar-refractivity contribution in [1.82, 2.24) is 15.2 Å². The van der Waals surface area contributed by atoms with Crippen molar-refractivity contribution in [3.8, 4) is 11.5 Å². The highest BCUT2D eigenvalue weighted by Crippen LogP contribution is 2.23. The number of rotatable bonds is 10. The molecule has 0 aliphatic carbocycles. The van der Waals surface area contributed by atoms with Gasteiger partial charge < -0.3 is 14.5 Å². The second kappa shape index (κ2) is 10.8. The molecule has 164 valence electrons. The molecule has 1 heterocycles. The molecule has 6 nitrogen and oxygen atoms in total. The Morgan fingerprint density at radius 3 is 2.52 bits per heavy atom. The van der Waals surface area contributed by atoms with E-state index in [2.05, 4.69) is 35.1 Å². The van der Waals surface area contributed by atoms with Gasteiger partial charge in [-0.1, -0.05) is 37.3 Å². The molecule has 3 rings (SSSR count). The predicted molar refractivity (Wildman–Crippen MR) is 121 cm³/mol. The highest BCUT2D eigenvalue weighted by Gasteiger charge is 2.18. The van der Waals surface area contributed by atoms with E-state index in [9.17, 15) is 4.79 Å².